The van der Waals surface area contributed by atoms with Gasteiger partial charge in [0.1, 0.15) is 17.5 Å². The number of nitrogen functional groups attached to an aromatic ring is 1. The van der Waals surface area contributed by atoms with Gasteiger partial charge in [-0.05, 0) is 42.5 Å². The number of aromatic nitrogens is 3. The molecule has 2 heterocycles. The van der Waals surface area contributed by atoms with Gasteiger partial charge in [0.25, 0.3) is 0 Å². The zero-order valence-corrected chi connectivity index (χ0v) is 17.8. The van der Waals surface area contributed by atoms with Crippen LogP contribution >= 0.6 is 0 Å². The minimum atomic E-state index is -1.72. The van der Waals surface area contributed by atoms with Crippen molar-refractivity contribution in [1.29, 1.82) is 0 Å². The van der Waals surface area contributed by atoms with Gasteiger partial charge in [-0.15, -0.1) is 0 Å². The third kappa shape index (κ3) is 3.29. The van der Waals surface area contributed by atoms with Crippen LogP contribution in [0.15, 0.2) is 83.8 Å². The number of hydrogen-bond donors (Lipinski definition) is 1. The van der Waals surface area contributed by atoms with Crippen molar-refractivity contribution in [1.82, 2.24) is 13.8 Å². The van der Waals surface area contributed by atoms with Crippen molar-refractivity contribution in [3.63, 3.8) is 0 Å². The van der Waals surface area contributed by atoms with Crippen molar-refractivity contribution in [3.8, 4) is 22.5 Å². The molecule has 3 aromatic carbocycles. The average molecular weight is 448 g/mol. The van der Waals surface area contributed by atoms with Crippen molar-refractivity contribution in [2.24, 2.45) is 7.05 Å². The molecule has 5 nitrogen and oxygen atoms in total. The highest BCUT2D eigenvalue weighted by molar-refractivity contribution is 7.83. The average Bonchev–Trinajstić information content (AvgIpc) is 3.32. The minimum Gasteiger partial charge on any atom is -0.382 e. The number of rotatable bonds is 4. The second kappa shape index (κ2) is 7.72. The fourth-order valence-electron chi connectivity index (χ4n) is 3.85. The molecule has 32 heavy (non-hydrogen) atoms. The molecule has 1 unspecified atom stereocenters. The van der Waals surface area contributed by atoms with Crippen LogP contribution in [0.2, 0.25) is 0 Å². The van der Waals surface area contributed by atoms with Crippen molar-refractivity contribution in [3.05, 3.63) is 90.5 Å². The Bertz CT molecular complexity index is 1470. The summed E-state index contributed by atoms with van der Waals surface area (Å²) in [5.74, 6) is -1.06. The molecule has 0 fully saturated rings. The van der Waals surface area contributed by atoms with Gasteiger partial charge < -0.3 is 5.73 Å². The molecule has 1 atom stereocenters. The van der Waals surface area contributed by atoms with E-state index in [4.69, 9.17) is 5.73 Å². The molecule has 0 spiro atoms. The van der Waals surface area contributed by atoms with Gasteiger partial charge in [-0.3, -0.25) is 8.65 Å². The van der Waals surface area contributed by atoms with Crippen molar-refractivity contribution < 1.29 is 13.0 Å². The number of nitrogens with two attached hydrogens (primary N) is 1. The Hall–Kier alpha value is -3.78. The van der Waals surface area contributed by atoms with Crippen LogP contribution in [-0.2, 0) is 18.0 Å². The summed E-state index contributed by atoms with van der Waals surface area (Å²) in [6.07, 6.45) is 0. The monoisotopic (exact) mass is 448 g/mol. The lowest BCUT2D eigenvalue weighted by atomic mass is 10.1. The molecular formula is C24H18F2N4OS. The first-order valence-corrected chi connectivity index (χ1v) is 10.9. The number of nitrogens with zero attached hydrogens (tertiary/aromatic N) is 3. The van der Waals surface area contributed by atoms with Gasteiger partial charge in [0.15, 0.2) is 11.0 Å². The Morgan fingerprint density at radius 1 is 0.875 bits per heavy atom. The third-order valence-corrected chi connectivity index (χ3v) is 6.68. The maximum Gasteiger partial charge on any atom is 0.157 e. The Kier molecular flexibility index (Phi) is 4.86. The molecule has 5 aromatic rings. The molecule has 5 rings (SSSR count). The molecule has 2 aromatic heterocycles. The topological polar surface area (TPSA) is 65.8 Å². The zero-order valence-electron chi connectivity index (χ0n) is 17.0. The van der Waals surface area contributed by atoms with Crippen LogP contribution in [0.4, 0.5) is 14.6 Å². The van der Waals surface area contributed by atoms with E-state index >= 15 is 0 Å². The van der Waals surface area contributed by atoms with Gasteiger partial charge in [-0.1, -0.05) is 30.3 Å². The quantitative estimate of drug-likeness (QED) is 0.414. The lowest BCUT2D eigenvalue weighted by Crippen LogP contribution is -2.08. The number of aryl methyl sites for hydroxylation is 1. The van der Waals surface area contributed by atoms with E-state index in [1.54, 1.807) is 54.2 Å². The van der Waals surface area contributed by atoms with Crippen molar-refractivity contribution >= 4 is 27.7 Å². The standard InChI is InChI=1S/C24H18F2N4OS/c1-29-21(14-23(27)28-29)15-10-11-20-16(12-15)13-22(24-18(25)8-5-9-19(24)26)30(20)32(31)17-6-3-2-4-7-17/h2-14H,1H3,(H2,27,28). The first-order valence-electron chi connectivity index (χ1n) is 9.81. The third-order valence-electron chi connectivity index (χ3n) is 5.28. The fraction of sp³-hybridized carbons (Fsp3) is 0.0417. The first kappa shape index (κ1) is 20.1. The van der Waals surface area contributed by atoms with Crippen LogP contribution in [0.25, 0.3) is 33.4 Å². The van der Waals surface area contributed by atoms with Gasteiger partial charge >= 0.3 is 0 Å². The van der Waals surface area contributed by atoms with E-state index < -0.39 is 22.6 Å². The number of hydrogen-bond acceptors (Lipinski definition) is 3. The van der Waals surface area contributed by atoms with Gasteiger partial charge in [0.05, 0.1) is 27.4 Å². The molecule has 0 aliphatic heterocycles. The van der Waals surface area contributed by atoms with Crippen LogP contribution in [0.5, 0.6) is 0 Å². The van der Waals surface area contributed by atoms with Gasteiger partial charge in [-0.25, -0.2) is 13.0 Å². The van der Waals surface area contributed by atoms with E-state index in [2.05, 4.69) is 5.10 Å². The van der Waals surface area contributed by atoms with Crippen LogP contribution in [0, 0.1) is 11.6 Å². The van der Waals surface area contributed by atoms with Gasteiger partial charge in [-0.2, -0.15) is 5.10 Å². The largest absolute Gasteiger partial charge is 0.382 e. The van der Waals surface area contributed by atoms with Gasteiger partial charge in [0, 0.05) is 24.1 Å². The van der Waals surface area contributed by atoms with E-state index in [0.29, 0.717) is 21.6 Å². The Labute approximate surface area is 185 Å². The highest BCUT2D eigenvalue weighted by atomic mass is 32.2. The molecular weight excluding hydrogens is 430 g/mol. The molecule has 0 aliphatic carbocycles. The predicted molar refractivity (Wildman–Crippen MR) is 122 cm³/mol. The Balaban J connectivity index is 1.79. The lowest BCUT2D eigenvalue weighted by molar-refractivity contribution is 0.588. The Morgan fingerprint density at radius 2 is 1.59 bits per heavy atom. The van der Waals surface area contributed by atoms with Crippen LogP contribution < -0.4 is 5.73 Å². The summed E-state index contributed by atoms with van der Waals surface area (Å²) in [7, 11) is 0.0590. The molecule has 160 valence electrons. The first-order chi connectivity index (χ1) is 15.4. The van der Waals surface area contributed by atoms with Gasteiger partial charge in [0.2, 0.25) is 0 Å². The highest BCUT2D eigenvalue weighted by Gasteiger charge is 2.22. The van der Waals surface area contributed by atoms with Crippen LogP contribution in [0.3, 0.4) is 0 Å². The van der Waals surface area contributed by atoms with E-state index in [1.807, 2.05) is 18.2 Å². The molecule has 0 saturated carbocycles. The molecule has 8 heteroatoms. The lowest BCUT2D eigenvalue weighted by Gasteiger charge is -2.12. The molecule has 0 aliphatic rings. The minimum absolute atomic E-state index is 0.194. The van der Waals surface area contributed by atoms with Crippen LogP contribution in [0.1, 0.15) is 0 Å². The van der Waals surface area contributed by atoms with E-state index in [0.717, 1.165) is 11.3 Å². The molecule has 0 bridgehead atoms. The fourth-order valence-corrected chi connectivity index (χ4v) is 5.12. The van der Waals surface area contributed by atoms with E-state index in [1.165, 1.54) is 22.2 Å². The molecule has 0 amide bonds. The highest BCUT2D eigenvalue weighted by Crippen LogP contribution is 2.35. The summed E-state index contributed by atoms with van der Waals surface area (Å²) >= 11 is 0. The SMILES string of the molecule is Cn1nc(N)cc1-c1ccc2c(c1)cc(-c1c(F)cccc1F)n2S(=O)c1ccccc1. The van der Waals surface area contributed by atoms with Crippen molar-refractivity contribution in [2.75, 3.05) is 5.73 Å². The molecule has 0 radical (unpaired) electrons. The maximum atomic E-state index is 14.7. The normalized spacial score (nSPS) is 12.3. The summed E-state index contributed by atoms with van der Waals surface area (Å²) in [6, 6.07) is 21.4. The Morgan fingerprint density at radius 3 is 2.25 bits per heavy atom. The summed E-state index contributed by atoms with van der Waals surface area (Å²) in [6.45, 7) is 0. The molecule has 2 N–H and O–H groups in total. The summed E-state index contributed by atoms with van der Waals surface area (Å²) in [4.78, 5) is 0.520. The predicted octanol–water partition coefficient (Wildman–Crippen LogP) is 5.14. The molecule has 0 saturated heterocycles. The van der Waals surface area contributed by atoms with Crippen LogP contribution in [-0.4, -0.2) is 18.0 Å². The number of benzene rings is 3. The van der Waals surface area contributed by atoms with Crippen molar-refractivity contribution in [2.45, 2.75) is 4.90 Å². The number of halogens is 2. The summed E-state index contributed by atoms with van der Waals surface area (Å²) in [5, 5.41) is 4.85. The van der Waals surface area contributed by atoms with E-state index in [-0.39, 0.29) is 11.3 Å². The second-order valence-electron chi connectivity index (χ2n) is 7.33. The summed E-state index contributed by atoms with van der Waals surface area (Å²) in [5.41, 5.74) is 7.99. The maximum absolute atomic E-state index is 14.7. The zero-order chi connectivity index (χ0) is 22.4. The summed E-state index contributed by atoms with van der Waals surface area (Å²) < 4.78 is 46.1. The number of anilines is 1. The second-order valence-corrected chi connectivity index (χ2v) is 8.67. The van der Waals surface area contributed by atoms with E-state index in [9.17, 15) is 13.0 Å². The smallest absolute Gasteiger partial charge is 0.157 e. The number of fused-ring (bicyclic) bond motifs is 1.